The van der Waals surface area contributed by atoms with Gasteiger partial charge in [-0.1, -0.05) is 0 Å². The molecule has 0 atom stereocenters. The zero-order valence-electron chi connectivity index (χ0n) is 11.5. The van der Waals surface area contributed by atoms with E-state index in [1.165, 1.54) is 0 Å². The fraction of sp³-hybridized carbons (Fsp3) is 0.500. The van der Waals surface area contributed by atoms with Crippen molar-refractivity contribution in [2.45, 2.75) is 26.6 Å². The number of nitrogen functional groups attached to an aromatic ring is 1. The van der Waals surface area contributed by atoms with Crippen molar-refractivity contribution in [1.29, 1.82) is 0 Å². The predicted octanol–water partition coefficient (Wildman–Crippen LogP) is 1.79. The van der Waals surface area contributed by atoms with Crippen LogP contribution in [0.2, 0.25) is 0 Å². The highest BCUT2D eigenvalue weighted by Gasteiger charge is 2.09. The maximum absolute atomic E-state index is 11.8. The average Bonchev–Trinajstić information content (AvgIpc) is 2.40. The third-order valence-corrected chi connectivity index (χ3v) is 2.54. The number of anilines is 1. The van der Waals surface area contributed by atoms with E-state index >= 15 is 0 Å². The van der Waals surface area contributed by atoms with Crippen LogP contribution in [0.4, 0.5) is 5.69 Å². The Morgan fingerprint density at radius 3 is 2.32 bits per heavy atom. The molecule has 0 aliphatic rings. The van der Waals surface area contributed by atoms with Gasteiger partial charge in [-0.05, 0) is 38.1 Å². The van der Waals surface area contributed by atoms with Crippen LogP contribution in [0.15, 0.2) is 24.3 Å². The second-order valence-corrected chi connectivity index (χ2v) is 4.01. The first-order valence-electron chi connectivity index (χ1n) is 6.54. The number of amides is 1. The topological polar surface area (TPSA) is 73.6 Å². The number of benzene rings is 1. The number of hydrogen-bond acceptors (Lipinski definition) is 4. The van der Waals surface area contributed by atoms with Crippen LogP contribution in [0.3, 0.4) is 0 Å². The van der Waals surface area contributed by atoms with Gasteiger partial charge in [-0.3, -0.25) is 4.79 Å². The van der Waals surface area contributed by atoms with E-state index < -0.39 is 0 Å². The van der Waals surface area contributed by atoms with Gasteiger partial charge in [0.15, 0.2) is 6.29 Å². The highest BCUT2D eigenvalue weighted by atomic mass is 16.7. The van der Waals surface area contributed by atoms with Gasteiger partial charge in [-0.25, -0.2) is 0 Å². The van der Waals surface area contributed by atoms with Crippen LogP contribution < -0.4 is 11.1 Å². The number of nitrogens with one attached hydrogen (secondary N) is 1. The molecule has 5 heteroatoms. The number of carbonyl (C=O) groups is 1. The summed E-state index contributed by atoms with van der Waals surface area (Å²) in [5.41, 5.74) is 6.81. The lowest BCUT2D eigenvalue weighted by molar-refractivity contribution is -0.138. The van der Waals surface area contributed by atoms with Crippen LogP contribution in [0.5, 0.6) is 0 Å². The quantitative estimate of drug-likeness (QED) is 0.555. The molecule has 0 heterocycles. The van der Waals surface area contributed by atoms with Gasteiger partial charge in [0.1, 0.15) is 0 Å². The Kier molecular flexibility index (Phi) is 6.92. The molecule has 0 unspecified atom stereocenters. The molecule has 1 amide bonds. The van der Waals surface area contributed by atoms with Gasteiger partial charge in [-0.15, -0.1) is 0 Å². The number of ether oxygens (including phenoxy) is 2. The van der Waals surface area contributed by atoms with E-state index in [2.05, 4.69) is 5.32 Å². The van der Waals surface area contributed by atoms with Crippen molar-refractivity contribution in [1.82, 2.24) is 5.32 Å². The maximum Gasteiger partial charge on any atom is 0.251 e. The molecule has 1 rings (SSSR count). The van der Waals surface area contributed by atoms with Crippen molar-refractivity contribution in [3.8, 4) is 0 Å². The molecule has 1 aromatic rings. The van der Waals surface area contributed by atoms with Gasteiger partial charge in [0.25, 0.3) is 5.91 Å². The molecule has 0 bridgehead atoms. The third kappa shape index (κ3) is 5.72. The van der Waals surface area contributed by atoms with E-state index in [9.17, 15) is 4.79 Å². The zero-order valence-corrected chi connectivity index (χ0v) is 11.5. The van der Waals surface area contributed by atoms with Gasteiger partial charge in [-0.2, -0.15) is 0 Å². The molecule has 0 aliphatic carbocycles. The van der Waals surface area contributed by atoms with E-state index in [1.54, 1.807) is 24.3 Å². The van der Waals surface area contributed by atoms with Crippen molar-refractivity contribution in [2.24, 2.45) is 0 Å². The summed E-state index contributed by atoms with van der Waals surface area (Å²) in [7, 11) is 0. The van der Waals surface area contributed by atoms with Crippen LogP contribution in [-0.4, -0.2) is 32.0 Å². The second-order valence-electron chi connectivity index (χ2n) is 4.01. The summed E-state index contributed by atoms with van der Waals surface area (Å²) in [6, 6.07) is 6.82. The van der Waals surface area contributed by atoms with Gasteiger partial charge in [0.2, 0.25) is 0 Å². The predicted molar refractivity (Wildman–Crippen MR) is 74.8 cm³/mol. The summed E-state index contributed by atoms with van der Waals surface area (Å²) >= 11 is 0. The SMILES string of the molecule is CCOC(CCNC(=O)c1ccc(N)cc1)OCC. The summed E-state index contributed by atoms with van der Waals surface area (Å²) in [5, 5.41) is 2.83. The van der Waals surface area contributed by atoms with Crippen LogP contribution in [-0.2, 0) is 9.47 Å². The lowest BCUT2D eigenvalue weighted by atomic mass is 10.2. The lowest BCUT2D eigenvalue weighted by Crippen LogP contribution is -2.29. The largest absolute Gasteiger partial charge is 0.399 e. The highest BCUT2D eigenvalue weighted by Crippen LogP contribution is 2.05. The van der Waals surface area contributed by atoms with E-state index in [0.717, 1.165) is 0 Å². The van der Waals surface area contributed by atoms with Gasteiger partial charge >= 0.3 is 0 Å². The summed E-state index contributed by atoms with van der Waals surface area (Å²) in [4.78, 5) is 11.8. The fourth-order valence-corrected chi connectivity index (χ4v) is 1.63. The molecule has 3 N–H and O–H groups in total. The molecule has 0 spiro atoms. The molecule has 0 saturated carbocycles. The van der Waals surface area contributed by atoms with E-state index in [0.29, 0.717) is 37.4 Å². The monoisotopic (exact) mass is 266 g/mol. The minimum atomic E-state index is -0.262. The van der Waals surface area contributed by atoms with Crippen LogP contribution in [0.1, 0.15) is 30.6 Å². The highest BCUT2D eigenvalue weighted by molar-refractivity contribution is 5.94. The Labute approximate surface area is 114 Å². The molecular weight excluding hydrogens is 244 g/mol. The minimum absolute atomic E-state index is 0.119. The Bertz CT molecular complexity index is 373. The standard InChI is InChI=1S/C14H22N2O3/c1-3-18-13(19-4-2)9-10-16-14(17)11-5-7-12(15)8-6-11/h5-8,13H,3-4,9-10,15H2,1-2H3,(H,16,17). The van der Waals surface area contributed by atoms with E-state index in [1.807, 2.05) is 13.8 Å². The third-order valence-electron chi connectivity index (χ3n) is 2.54. The normalized spacial score (nSPS) is 10.7. The van der Waals surface area contributed by atoms with Crippen LogP contribution in [0.25, 0.3) is 0 Å². The van der Waals surface area contributed by atoms with E-state index in [4.69, 9.17) is 15.2 Å². The molecule has 5 nitrogen and oxygen atoms in total. The molecule has 1 aromatic carbocycles. The number of nitrogens with two attached hydrogens (primary N) is 1. The summed E-state index contributed by atoms with van der Waals surface area (Å²) in [6.07, 6.45) is 0.365. The summed E-state index contributed by atoms with van der Waals surface area (Å²) in [5.74, 6) is -0.119. The first-order valence-corrected chi connectivity index (χ1v) is 6.54. The Morgan fingerprint density at radius 2 is 1.79 bits per heavy atom. The molecule has 0 radical (unpaired) electrons. The fourth-order valence-electron chi connectivity index (χ4n) is 1.63. The average molecular weight is 266 g/mol. The van der Waals surface area contributed by atoms with Gasteiger partial charge in [0, 0.05) is 37.4 Å². The molecule has 19 heavy (non-hydrogen) atoms. The van der Waals surface area contributed by atoms with E-state index in [-0.39, 0.29) is 12.2 Å². The Balaban J connectivity index is 2.35. The van der Waals surface area contributed by atoms with Crippen molar-refractivity contribution in [3.05, 3.63) is 29.8 Å². The number of hydrogen-bond donors (Lipinski definition) is 2. The Morgan fingerprint density at radius 1 is 1.21 bits per heavy atom. The van der Waals surface area contributed by atoms with Crippen molar-refractivity contribution in [3.63, 3.8) is 0 Å². The molecular formula is C14H22N2O3. The minimum Gasteiger partial charge on any atom is -0.399 e. The van der Waals surface area contributed by atoms with Crippen LogP contribution in [0, 0.1) is 0 Å². The first kappa shape index (κ1) is 15.5. The smallest absolute Gasteiger partial charge is 0.251 e. The molecule has 106 valence electrons. The lowest BCUT2D eigenvalue weighted by Gasteiger charge is -2.16. The van der Waals surface area contributed by atoms with Crippen molar-refractivity contribution >= 4 is 11.6 Å². The maximum atomic E-state index is 11.8. The van der Waals surface area contributed by atoms with Gasteiger partial charge < -0.3 is 20.5 Å². The molecule has 0 aromatic heterocycles. The zero-order chi connectivity index (χ0) is 14.1. The van der Waals surface area contributed by atoms with Gasteiger partial charge in [0.05, 0.1) is 0 Å². The van der Waals surface area contributed by atoms with Crippen molar-refractivity contribution in [2.75, 3.05) is 25.5 Å². The molecule has 0 saturated heterocycles. The second kappa shape index (κ2) is 8.50. The molecule has 0 fully saturated rings. The number of rotatable bonds is 8. The summed E-state index contributed by atoms with van der Waals surface area (Å²) in [6.45, 7) is 5.53. The first-order chi connectivity index (χ1) is 9.17. The number of carbonyl (C=O) groups excluding carboxylic acids is 1. The summed E-state index contributed by atoms with van der Waals surface area (Å²) < 4.78 is 10.8. The Hall–Kier alpha value is -1.59. The van der Waals surface area contributed by atoms with Crippen LogP contribution >= 0.6 is 0 Å². The van der Waals surface area contributed by atoms with Crippen molar-refractivity contribution < 1.29 is 14.3 Å². The molecule has 0 aliphatic heterocycles.